The highest BCUT2D eigenvalue weighted by Gasteiger charge is 2.21. The summed E-state index contributed by atoms with van der Waals surface area (Å²) >= 11 is 0. The number of nitrogens with two attached hydrogens (primary N) is 2. The van der Waals surface area contributed by atoms with Crippen LogP contribution in [0.1, 0.15) is 79.1 Å². The van der Waals surface area contributed by atoms with Crippen LogP contribution in [0.3, 0.4) is 0 Å². The quantitative estimate of drug-likeness (QED) is 0.0787. The molecular weight excluding hydrogens is 676 g/mol. The summed E-state index contributed by atoms with van der Waals surface area (Å²) < 4.78 is 20.6. The molecule has 0 radical (unpaired) electrons. The van der Waals surface area contributed by atoms with Gasteiger partial charge in [0.15, 0.2) is 0 Å². The molecule has 4 aromatic heterocycles. The minimum atomic E-state index is -0.579. The molecule has 0 saturated heterocycles. The van der Waals surface area contributed by atoms with Crippen LogP contribution in [0.25, 0.3) is 22.1 Å². The predicted molar refractivity (Wildman–Crippen MR) is 205 cm³/mol. The van der Waals surface area contributed by atoms with Gasteiger partial charge in [0.25, 0.3) is 0 Å². The molecule has 0 spiro atoms. The number of hydrogen-bond donors (Lipinski definition) is 4. The largest absolute Gasteiger partial charge is 0.491 e. The number of fused-ring (bicyclic) bond motifs is 2. The second-order valence-electron chi connectivity index (χ2n) is 12.9. The molecule has 280 valence electrons. The Morgan fingerprint density at radius 2 is 1.08 bits per heavy atom. The first-order valence-electron chi connectivity index (χ1n) is 18.1. The number of carbonyl (C=O) groups excluding carboxylic acids is 2. The van der Waals surface area contributed by atoms with E-state index in [9.17, 15) is 9.59 Å². The first kappa shape index (κ1) is 36.7. The minimum Gasteiger partial charge on any atom is -0.491 e. The number of rotatable bonds is 18. The maximum atomic E-state index is 12.4. The van der Waals surface area contributed by atoms with E-state index in [0.717, 1.165) is 46.9 Å². The van der Waals surface area contributed by atoms with E-state index in [1.807, 2.05) is 49.2 Å². The fourth-order valence-corrected chi connectivity index (χ4v) is 6.46. The number of carbonyl (C=O) groups is 2. The van der Waals surface area contributed by atoms with E-state index in [1.165, 1.54) is 0 Å². The number of imidazole rings is 2. The first-order chi connectivity index (χ1) is 25.5. The number of amides is 2. The van der Waals surface area contributed by atoms with E-state index < -0.39 is 11.8 Å². The molecule has 0 bridgehead atoms. The van der Waals surface area contributed by atoms with Gasteiger partial charge in [-0.05, 0) is 64.8 Å². The van der Waals surface area contributed by atoms with Crippen LogP contribution in [0.5, 0.6) is 11.5 Å². The number of hydrogen-bond acceptors (Lipinski definition) is 10. The summed E-state index contributed by atoms with van der Waals surface area (Å²) in [5.74, 6) is 2.66. The number of benzene rings is 2. The van der Waals surface area contributed by atoms with Crippen molar-refractivity contribution < 1.29 is 19.1 Å². The monoisotopic (exact) mass is 724 g/mol. The summed E-state index contributed by atoms with van der Waals surface area (Å²) in [5, 5.41) is 16.0. The summed E-state index contributed by atoms with van der Waals surface area (Å²) in [7, 11) is 0. The summed E-state index contributed by atoms with van der Waals surface area (Å²) in [6, 6.07) is 10.6. The van der Waals surface area contributed by atoms with Crippen molar-refractivity contribution in [3.05, 3.63) is 58.9 Å². The van der Waals surface area contributed by atoms with E-state index in [-0.39, 0.29) is 13.2 Å². The highest BCUT2D eigenvalue weighted by Crippen LogP contribution is 2.34. The standard InChI is InChI=1S/C37H48N12O4/c1-7-12-46-32-26(40-36(46)42-30-16-22(5)44-48(30)9-3)18-24(34(38)50)20-28(32)52-14-11-15-53-29-21-25(35(39)51)19-27-33(29)47(13-8-2)37(41-27)43-31-17-23(6)45-49(31)10-4/h16-21H,7-15H2,1-6H3,(H2,38,50)(H2,39,51)(H,40,42)(H,41,43). The van der Waals surface area contributed by atoms with Gasteiger partial charge in [-0.15, -0.1) is 0 Å². The van der Waals surface area contributed by atoms with Gasteiger partial charge in [-0.3, -0.25) is 9.59 Å². The third kappa shape index (κ3) is 7.61. The summed E-state index contributed by atoms with van der Waals surface area (Å²) in [5.41, 5.74) is 16.5. The lowest BCUT2D eigenvalue weighted by Gasteiger charge is -2.15. The van der Waals surface area contributed by atoms with Crippen molar-refractivity contribution in [3.63, 3.8) is 0 Å². The average Bonchev–Trinajstić information content (AvgIpc) is 3.87. The number of nitrogens with zero attached hydrogens (tertiary/aromatic N) is 8. The van der Waals surface area contributed by atoms with Gasteiger partial charge in [-0.25, -0.2) is 19.3 Å². The highest BCUT2D eigenvalue weighted by atomic mass is 16.5. The van der Waals surface area contributed by atoms with E-state index in [1.54, 1.807) is 24.3 Å². The third-order valence-corrected chi connectivity index (χ3v) is 8.76. The Morgan fingerprint density at radius 1 is 0.660 bits per heavy atom. The first-order valence-corrected chi connectivity index (χ1v) is 18.1. The lowest BCUT2D eigenvalue weighted by Crippen LogP contribution is -2.13. The summed E-state index contributed by atoms with van der Waals surface area (Å²) in [6.07, 6.45) is 2.15. The second-order valence-corrected chi connectivity index (χ2v) is 12.9. The third-order valence-electron chi connectivity index (χ3n) is 8.76. The van der Waals surface area contributed by atoms with Crippen molar-refractivity contribution in [1.29, 1.82) is 0 Å². The van der Waals surface area contributed by atoms with Gasteiger partial charge in [-0.1, -0.05) is 13.8 Å². The van der Waals surface area contributed by atoms with Gasteiger partial charge in [0.05, 0.1) is 35.6 Å². The Labute approximate surface area is 307 Å². The van der Waals surface area contributed by atoms with Crippen molar-refractivity contribution in [2.24, 2.45) is 11.5 Å². The zero-order valence-corrected chi connectivity index (χ0v) is 31.2. The molecule has 0 atom stereocenters. The van der Waals surface area contributed by atoms with Crippen molar-refractivity contribution in [1.82, 2.24) is 38.7 Å². The molecule has 2 aromatic carbocycles. The molecule has 6 rings (SSSR count). The average molecular weight is 725 g/mol. The number of nitrogens with one attached hydrogen (secondary N) is 2. The molecular formula is C37H48N12O4. The van der Waals surface area contributed by atoms with Crippen LogP contribution < -0.4 is 31.6 Å². The lowest BCUT2D eigenvalue weighted by molar-refractivity contribution is 0.0991. The van der Waals surface area contributed by atoms with Crippen molar-refractivity contribution >= 4 is 57.4 Å². The number of anilines is 4. The fourth-order valence-electron chi connectivity index (χ4n) is 6.46. The van der Waals surface area contributed by atoms with E-state index in [2.05, 4.69) is 43.8 Å². The maximum Gasteiger partial charge on any atom is 0.248 e. The lowest BCUT2D eigenvalue weighted by atomic mass is 10.1. The number of ether oxygens (including phenoxy) is 2. The Balaban J connectivity index is 1.26. The van der Waals surface area contributed by atoms with Crippen LogP contribution in [-0.2, 0) is 26.2 Å². The van der Waals surface area contributed by atoms with Crippen molar-refractivity contribution in [2.45, 2.75) is 87.0 Å². The van der Waals surface area contributed by atoms with Gasteiger partial charge in [0.2, 0.25) is 23.7 Å². The second kappa shape index (κ2) is 15.7. The van der Waals surface area contributed by atoms with Gasteiger partial charge in [0, 0.05) is 55.9 Å². The molecule has 0 aliphatic carbocycles. The smallest absolute Gasteiger partial charge is 0.248 e. The Kier molecular flexibility index (Phi) is 10.9. The highest BCUT2D eigenvalue weighted by molar-refractivity contribution is 6.00. The fraction of sp³-hybridized carbons (Fsp3) is 0.405. The molecule has 0 aliphatic heterocycles. The Hall–Kier alpha value is -6.06. The van der Waals surface area contributed by atoms with Crippen LogP contribution >= 0.6 is 0 Å². The maximum absolute atomic E-state index is 12.4. The van der Waals surface area contributed by atoms with Gasteiger partial charge in [0.1, 0.15) is 34.2 Å². The van der Waals surface area contributed by atoms with Gasteiger partial charge < -0.3 is 40.7 Å². The SMILES string of the molecule is CCCn1c(Nc2cc(C)nn2CC)nc2cc(C(N)=O)cc(OCCCOc3cc(C(N)=O)cc4nc(Nc5cc(C)nn5CC)n(CCC)c34)c21. The molecule has 0 saturated carbocycles. The Morgan fingerprint density at radius 3 is 1.43 bits per heavy atom. The number of primary amides is 2. The minimum absolute atomic E-state index is 0.263. The molecule has 0 fully saturated rings. The molecule has 53 heavy (non-hydrogen) atoms. The zero-order valence-electron chi connectivity index (χ0n) is 31.2. The van der Waals surface area contributed by atoms with E-state index >= 15 is 0 Å². The summed E-state index contributed by atoms with van der Waals surface area (Å²) in [6.45, 7) is 15.3. The predicted octanol–water partition coefficient (Wildman–Crippen LogP) is 5.79. The van der Waals surface area contributed by atoms with Gasteiger partial charge >= 0.3 is 0 Å². The van der Waals surface area contributed by atoms with Crippen LogP contribution in [-0.4, -0.2) is 63.7 Å². The zero-order chi connectivity index (χ0) is 37.8. The molecule has 0 aliphatic rings. The van der Waals surface area contributed by atoms with E-state index in [0.29, 0.717) is 78.2 Å². The van der Waals surface area contributed by atoms with Crippen molar-refractivity contribution in [3.8, 4) is 11.5 Å². The topological polar surface area (TPSA) is 200 Å². The van der Waals surface area contributed by atoms with Crippen LogP contribution in [0, 0.1) is 13.8 Å². The molecule has 16 nitrogen and oxygen atoms in total. The van der Waals surface area contributed by atoms with Crippen LogP contribution in [0.4, 0.5) is 23.5 Å². The normalized spacial score (nSPS) is 11.4. The molecule has 6 aromatic rings. The van der Waals surface area contributed by atoms with Gasteiger partial charge in [-0.2, -0.15) is 10.2 Å². The molecule has 2 amide bonds. The summed E-state index contributed by atoms with van der Waals surface area (Å²) in [4.78, 5) is 34.4. The molecule has 16 heteroatoms. The number of aryl methyl sites for hydroxylation is 6. The molecule has 0 unspecified atom stereocenters. The van der Waals surface area contributed by atoms with Crippen LogP contribution in [0.2, 0.25) is 0 Å². The van der Waals surface area contributed by atoms with E-state index in [4.69, 9.17) is 30.9 Å². The Bertz CT molecular complexity index is 2120. The van der Waals surface area contributed by atoms with Crippen LogP contribution in [0.15, 0.2) is 36.4 Å². The van der Waals surface area contributed by atoms with Crippen molar-refractivity contribution in [2.75, 3.05) is 23.8 Å². The number of aromatic nitrogens is 8. The molecule has 4 heterocycles. The molecule has 6 N–H and O–H groups in total.